The Kier molecular flexibility index (Phi) is 5.73. The van der Waals surface area contributed by atoms with Gasteiger partial charge in [0.2, 0.25) is 0 Å². The average Bonchev–Trinajstić information content (AvgIpc) is 2.78. The van der Waals surface area contributed by atoms with Gasteiger partial charge in [-0.25, -0.2) is 13.2 Å². The van der Waals surface area contributed by atoms with Crippen molar-refractivity contribution < 1.29 is 18.3 Å². The van der Waals surface area contributed by atoms with E-state index in [0.717, 1.165) is 29.4 Å². The van der Waals surface area contributed by atoms with Gasteiger partial charge in [0.1, 0.15) is 0 Å². The van der Waals surface area contributed by atoms with Gasteiger partial charge in [-0.2, -0.15) is 0 Å². The van der Waals surface area contributed by atoms with Crippen LogP contribution in [0, 0.1) is 0 Å². The van der Waals surface area contributed by atoms with Gasteiger partial charge < -0.3 is 5.11 Å². The molecule has 0 radical (unpaired) electrons. The first-order chi connectivity index (χ1) is 14.9. The van der Waals surface area contributed by atoms with Crippen molar-refractivity contribution in [1.82, 2.24) is 0 Å². The molecule has 0 aliphatic heterocycles. The molecular formula is C25H21NO4S. The Labute approximate surface area is 181 Å². The van der Waals surface area contributed by atoms with Crippen LogP contribution >= 0.6 is 0 Å². The van der Waals surface area contributed by atoms with Crippen LogP contribution in [0.3, 0.4) is 0 Å². The van der Waals surface area contributed by atoms with Gasteiger partial charge in [-0.15, -0.1) is 0 Å². The molecule has 0 fully saturated rings. The van der Waals surface area contributed by atoms with Crippen molar-refractivity contribution in [2.24, 2.45) is 0 Å². The van der Waals surface area contributed by atoms with Crippen molar-refractivity contribution in [3.05, 3.63) is 108 Å². The molecule has 31 heavy (non-hydrogen) atoms. The number of hydrogen-bond donors (Lipinski definition) is 2. The highest BCUT2D eigenvalue weighted by molar-refractivity contribution is 7.93. The van der Waals surface area contributed by atoms with Gasteiger partial charge in [0, 0.05) is 11.1 Å². The number of carboxylic acids is 1. The first kappa shape index (κ1) is 20.6. The summed E-state index contributed by atoms with van der Waals surface area (Å²) in [7, 11) is -3.72. The predicted octanol–water partition coefficient (Wildman–Crippen LogP) is 5.12. The molecule has 0 aromatic heterocycles. The van der Waals surface area contributed by atoms with E-state index in [0.29, 0.717) is 11.1 Å². The van der Waals surface area contributed by atoms with Crippen molar-refractivity contribution in [3.8, 4) is 0 Å². The number of aromatic carboxylic acids is 1. The molecule has 4 aromatic carbocycles. The number of sulfonamides is 1. The standard InChI is InChI=1S/C25H21NO4S/c27-25(28)21-14-10-18(11-15-21)8-9-19-12-16-22(17-13-19)26-31(29,30)24-7-3-5-20-4-1-2-6-23(20)24/h1-7,10-17,26H,8-9H2,(H,27,28). The fraction of sp³-hybridized carbons (Fsp3) is 0.0800. The SMILES string of the molecule is O=C(O)c1ccc(CCc2ccc(NS(=O)(=O)c3cccc4ccccc34)cc2)cc1. The topological polar surface area (TPSA) is 83.5 Å². The van der Waals surface area contributed by atoms with Crippen LogP contribution in [0.2, 0.25) is 0 Å². The second kappa shape index (κ2) is 8.62. The van der Waals surface area contributed by atoms with E-state index >= 15 is 0 Å². The van der Waals surface area contributed by atoms with E-state index in [1.807, 2.05) is 48.5 Å². The fourth-order valence-corrected chi connectivity index (χ4v) is 4.77. The number of carboxylic acid groups (broad SMARTS) is 1. The lowest BCUT2D eigenvalue weighted by Gasteiger charge is -2.11. The van der Waals surface area contributed by atoms with Crippen LogP contribution in [0.25, 0.3) is 10.8 Å². The second-order valence-corrected chi connectivity index (χ2v) is 8.93. The normalized spacial score (nSPS) is 11.4. The van der Waals surface area contributed by atoms with Gasteiger partial charge in [0.15, 0.2) is 0 Å². The molecule has 4 rings (SSSR count). The summed E-state index contributed by atoms with van der Waals surface area (Å²) in [5.74, 6) is -0.937. The minimum Gasteiger partial charge on any atom is -0.478 e. The first-order valence-electron chi connectivity index (χ1n) is 9.84. The zero-order valence-electron chi connectivity index (χ0n) is 16.7. The minimum absolute atomic E-state index is 0.250. The molecule has 0 aliphatic rings. The predicted molar refractivity (Wildman–Crippen MR) is 122 cm³/mol. The van der Waals surface area contributed by atoms with Gasteiger partial charge in [0.05, 0.1) is 10.5 Å². The largest absolute Gasteiger partial charge is 0.478 e. The summed E-state index contributed by atoms with van der Waals surface area (Å²) in [6, 6.07) is 26.8. The number of fused-ring (bicyclic) bond motifs is 1. The fourth-order valence-electron chi connectivity index (χ4n) is 3.48. The highest BCUT2D eigenvalue weighted by Gasteiger charge is 2.17. The van der Waals surface area contributed by atoms with Gasteiger partial charge in [-0.1, -0.05) is 60.7 Å². The van der Waals surface area contributed by atoms with Gasteiger partial charge >= 0.3 is 5.97 Å². The number of carbonyl (C=O) groups is 1. The maximum Gasteiger partial charge on any atom is 0.335 e. The Bertz CT molecular complexity index is 1320. The summed E-state index contributed by atoms with van der Waals surface area (Å²) in [4.78, 5) is 11.2. The van der Waals surface area contributed by atoms with Crippen LogP contribution in [0.5, 0.6) is 0 Å². The van der Waals surface area contributed by atoms with Crippen LogP contribution in [0.4, 0.5) is 5.69 Å². The van der Waals surface area contributed by atoms with Crippen LogP contribution in [-0.2, 0) is 22.9 Å². The summed E-state index contributed by atoms with van der Waals surface area (Å²) in [6.45, 7) is 0. The third kappa shape index (κ3) is 4.75. The maximum atomic E-state index is 12.9. The highest BCUT2D eigenvalue weighted by Crippen LogP contribution is 2.25. The van der Waals surface area contributed by atoms with Crippen molar-refractivity contribution in [2.75, 3.05) is 4.72 Å². The Morgan fingerprint density at radius 2 is 1.32 bits per heavy atom. The monoisotopic (exact) mass is 431 g/mol. The molecular weight excluding hydrogens is 410 g/mol. The molecule has 0 heterocycles. The molecule has 0 amide bonds. The van der Waals surface area contributed by atoms with E-state index in [1.165, 1.54) is 0 Å². The van der Waals surface area contributed by atoms with E-state index in [-0.39, 0.29) is 10.5 Å². The van der Waals surface area contributed by atoms with E-state index < -0.39 is 16.0 Å². The number of rotatable bonds is 7. The Morgan fingerprint density at radius 3 is 1.97 bits per heavy atom. The molecule has 4 aromatic rings. The molecule has 0 saturated carbocycles. The molecule has 0 unspecified atom stereocenters. The van der Waals surface area contributed by atoms with Gasteiger partial charge in [0.25, 0.3) is 10.0 Å². The zero-order valence-corrected chi connectivity index (χ0v) is 17.5. The number of nitrogens with one attached hydrogen (secondary N) is 1. The molecule has 0 spiro atoms. The number of aryl methyl sites for hydroxylation is 2. The van der Waals surface area contributed by atoms with Crippen molar-refractivity contribution >= 4 is 32.5 Å². The van der Waals surface area contributed by atoms with E-state index in [2.05, 4.69) is 4.72 Å². The van der Waals surface area contributed by atoms with Gasteiger partial charge in [-0.3, -0.25) is 4.72 Å². The molecule has 0 saturated heterocycles. The number of anilines is 1. The Morgan fingerprint density at radius 1 is 0.742 bits per heavy atom. The summed E-state index contributed by atoms with van der Waals surface area (Å²) in [6.07, 6.45) is 1.53. The Balaban J connectivity index is 1.45. The smallest absolute Gasteiger partial charge is 0.335 e. The summed E-state index contributed by atoms with van der Waals surface area (Å²) < 4.78 is 28.5. The molecule has 156 valence electrons. The zero-order chi connectivity index (χ0) is 21.8. The third-order valence-electron chi connectivity index (χ3n) is 5.15. The van der Waals surface area contributed by atoms with Crippen molar-refractivity contribution in [2.45, 2.75) is 17.7 Å². The van der Waals surface area contributed by atoms with Crippen molar-refractivity contribution in [3.63, 3.8) is 0 Å². The summed E-state index contributed by atoms with van der Waals surface area (Å²) in [5.41, 5.74) is 2.88. The second-order valence-electron chi connectivity index (χ2n) is 7.28. The molecule has 6 heteroatoms. The first-order valence-corrected chi connectivity index (χ1v) is 11.3. The van der Waals surface area contributed by atoms with Crippen LogP contribution in [0.15, 0.2) is 95.9 Å². The van der Waals surface area contributed by atoms with E-state index in [4.69, 9.17) is 5.11 Å². The maximum absolute atomic E-state index is 12.9. The van der Waals surface area contributed by atoms with Crippen LogP contribution in [-0.4, -0.2) is 19.5 Å². The lowest BCUT2D eigenvalue weighted by atomic mass is 10.0. The lowest BCUT2D eigenvalue weighted by molar-refractivity contribution is 0.0697. The number of benzene rings is 4. The van der Waals surface area contributed by atoms with E-state index in [9.17, 15) is 13.2 Å². The molecule has 5 nitrogen and oxygen atoms in total. The summed E-state index contributed by atoms with van der Waals surface area (Å²) in [5, 5.41) is 10.5. The average molecular weight is 432 g/mol. The van der Waals surface area contributed by atoms with Gasteiger partial charge in [-0.05, 0) is 59.7 Å². The summed E-state index contributed by atoms with van der Waals surface area (Å²) >= 11 is 0. The molecule has 0 atom stereocenters. The molecule has 0 aliphatic carbocycles. The minimum atomic E-state index is -3.72. The molecule has 2 N–H and O–H groups in total. The van der Waals surface area contributed by atoms with Crippen LogP contribution in [0.1, 0.15) is 21.5 Å². The van der Waals surface area contributed by atoms with E-state index in [1.54, 1.807) is 42.5 Å². The quantitative estimate of drug-likeness (QED) is 0.425. The lowest BCUT2D eigenvalue weighted by Crippen LogP contribution is -2.13. The van der Waals surface area contributed by atoms with Crippen molar-refractivity contribution in [1.29, 1.82) is 0 Å². The Hall–Kier alpha value is -3.64. The van der Waals surface area contributed by atoms with Crippen LogP contribution < -0.4 is 4.72 Å². The third-order valence-corrected chi connectivity index (χ3v) is 6.59. The highest BCUT2D eigenvalue weighted by atomic mass is 32.2. The molecule has 0 bridgehead atoms. The number of hydrogen-bond acceptors (Lipinski definition) is 3.